The van der Waals surface area contributed by atoms with Crippen molar-refractivity contribution in [2.45, 2.75) is 32.7 Å². The van der Waals surface area contributed by atoms with Crippen LogP contribution in [0.5, 0.6) is 5.75 Å². The van der Waals surface area contributed by atoms with Gasteiger partial charge in [0.2, 0.25) is 0 Å². The zero-order chi connectivity index (χ0) is 12.6. The van der Waals surface area contributed by atoms with Crippen LogP contribution in [0.3, 0.4) is 0 Å². The molecule has 1 aliphatic rings. The maximum atomic E-state index is 9.19. The summed E-state index contributed by atoms with van der Waals surface area (Å²) in [6.45, 7) is 4.02. The van der Waals surface area contributed by atoms with Crippen molar-refractivity contribution in [1.29, 1.82) is 5.26 Å². The van der Waals surface area contributed by atoms with Gasteiger partial charge < -0.3 is 10.5 Å². The maximum absolute atomic E-state index is 9.19. The van der Waals surface area contributed by atoms with Gasteiger partial charge in [0.15, 0.2) is 0 Å². The number of nitriles is 1. The number of aryl methyl sites for hydroxylation is 2. The van der Waals surface area contributed by atoms with E-state index in [1.807, 2.05) is 19.9 Å². The number of hydrogen-bond acceptors (Lipinski definition) is 3. The Kier molecular flexibility index (Phi) is 2.84. The van der Waals surface area contributed by atoms with Crippen molar-refractivity contribution >= 4 is 0 Å². The van der Waals surface area contributed by atoms with Gasteiger partial charge in [0.25, 0.3) is 0 Å². The SMILES string of the molecule is COc1cc(C)c(C(N)C2(C#N)CC2)cc1C. The molecule has 0 heterocycles. The maximum Gasteiger partial charge on any atom is 0.122 e. The molecule has 2 rings (SSSR count). The molecule has 1 aromatic carbocycles. The average Bonchev–Trinajstić information content (AvgIpc) is 3.11. The van der Waals surface area contributed by atoms with E-state index in [1.54, 1.807) is 7.11 Å². The molecule has 3 heteroatoms. The third-order valence-electron chi connectivity index (χ3n) is 3.73. The second-order valence-electron chi connectivity index (χ2n) is 4.92. The molecule has 0 saturated heterocycles. The van der Waals surface area contributed by atoms with Crippen molar-refractivity contribution in [2.24, 2.45) is 11.1 Å². The Bertz CT molecular complexity index is 484. The van der Waals surface area contributed by atoms with Crippen molar-refractivity contribution in [3.05, 3.63) is 28.8 Å². The molecule has 1 unspecified atom stereocenters. The molecule has 90 valence electrons. The Morgan fingerprint density at radius 3 is 2.47 bits per heavy atom. The second kappa shape index (κ2) is 4.05. The Morgan fingerprint density at radius 1 is 1.35 bits per heavy atom. The fourth-order valence-electron chi connectivity index (χ4n) is 2.29. The summed E-state index contributed by atoms with van der Waals surface area (Å²) in [5.74, 6) is 0.875. The first-order chi connectivity index (χ1) is 8.04. The van der Waals surface area contributed by atoms with Crippen LogP contribution in [0.25, 0.3) is 0 Å². The summed E-state index contributed by atoms with van der Waals surface area (Å²) in [5, 5.41) is 9.19. The smallest absolute Gasteiger partial charge is 0.122 e. The number of hydrogen-bond donors (Lipinski definition) is 1. The summed E-state index contributed by atoms with van der Waals surface area (Å²) in [7, 11) is 1.67. The zero-order valence-electron chi connectivity index (χ0n) is 10.6. The van der Waals surface area contributed by atoms with Crippen LogP contribution >= 0.6 is 0 Å². The van der Waals surface area contributed by atoms with Gasteiger partial charge in [-0.2, -0.15) is 5.26 Å². The Labute approximate surface area is 102 Å². The first kappa shape index (κ1) is 11.9. The lowest BCUT2D eigenvalue weighted by Gasteiger charge is -2.20. The summed E-state index contributed by atoms with van der Waals surface area (Å²) >= 11 is 0. The highest BCUT2D eigenvalue weighted by atomic mass is 16.5. The molecule has 0 aliphatic heterocycles. The molecule has 0 amide bonds. The van der Waals surface area contributed by atoms with E-state index < -0.39 is 0 Å². The number of ether oxygens (including phenoxy) is 1. The van der Waals surface area contributed by atoms with Crippen molar-refractivity contribution in [3.8, 4) is 11.8 Å². The summed E-state index contributed by atoms with van der Waals surface area (Å²) < 4.78 is 5.28. The summed E-state index contributed by atoms with van der Waals surface area (Å²) in [6.07, 6.45) is 1.82. The minimum absolute atomic E-state index is 0.183. The highest BCUT2D eigenvalue weighted by molar-refractivity contribution is 5.44. The third kappa shape index (κ3) is 1.89. The quantitative estimate of drug-likeness (QED) is 0.868. The second-order valence-corrected chi connectivity index (χ2v) is 4.92. The van der Waals surface area contributed by atoms with Crippen LogP contribution in [0, 0.1) is 30.6 Å². The average molecular weight is 230 g/mol. The first-order valence-corrected chi connectivity index (χ1v) is 5.86. The molecule has 1 fully saturated rings. The molecule has 0 radical (unpaired) electrons. The van der Waals surface area contributed by atoms with E-state index >= 15 is 0 Å². The Morgan fingerprint density at radius 2 is 2.00 bits per heavy atom. The molecule has 17 heavy (non-hydrogen) atoms. The Hall–Kier alpha value is -1.53. The lowest BCUT2D eigenvalue weighted by molar-refractivity contribution is 0.410. The number of methoxy groups -OCH3 is 1. The van der Waals surface area contributed by atoms with Crippen molar-refractivity contribution in [3.63, 3.8) is 0 Å². The standard InChI is InChI=1S/C14H18N2O/c1-9-7-12(17-3)10(2)6-11(9)13(16)14(8-15)4-5-14/h6-7,13H,4-5,16H2,1-3H3. The predicted octanol–water partition coefficient (Wildman–Crippen LogP) is 2.62. The molecular formula is C14H18N2O. The molecule has 2 N–H and O–H groups in total. The van der Waals surface area contributed by atoms with Crippen LogP contribution in [-0.4, -0.2) is 7.11 Å². The highest BCUT2D eigenvalue weighted by Gasteiger charge is 2.49. The lowest BCUT2D eigenvalue weighted by atomic mass is 9.88. The van der Waals surface area contributed by atoms with Crippen LogP contribution < -0.4 is 10.5 Å². The minimum Gasteiger partial charge on any atom is -0.496 e. The zero-order valence-corrected chi connectivity index (χ0v) is 10.6. The van der Waals surface area contributed by atoms with Crippen LogP contribution in [0.15, 0.2) is 12.1 Å². The summed E-state index contributed by atoms with van der Waals surface area (Å²) in [4.78, 5) is 0. The fraction of sp³-hybridized carbons (Fsp3) is 0.500. The van der Waals surface area contributed by atoms with E-state index in [1.165, 1.54) is 0 Å². The predicted molar refractivity (Wildman–Crippen MR) is 66.7 cm³/mol. The van der Waals surface area contributed by atoms with E-state index in [0.29, 0.717) is 0 Å². The number of nitrogens with zero attached hydrogens (tertiary/aromatic N) is 1. The summed E-state index contributed by atoms with van der Waals surface area (Å²) in [5.41, 5.74) is 9.15. The van der Waals surface area contributed by atoms with Crippen LogP contribution in [-0.2, 0) is 0 Å². The molecule has 1 aliphatic carbocycles. The van der Waals surface area contributed by atoms with Gasteiger partial charge in [0.05, 0.1) is 18.6 Å². The van der Waals surface area contributed by atoms with E-state index in [4.69, 9.17) is 10.5 Å². The van der Waals surface area contributed by atoms with Crippen molar-refractivity contribution < 1.29 is 4.74 Å². The summed E-state index contributed by atoms with van der Waals surface area (Å²) in [6, 6.07) is 6.24. The Balaban J connectivity index is 2.40. The van der Waals surface area contributed by atoms with E-state index in [-0.39, 0.29) is 11.5 Å². The molecular weight excluding hydrogens is 212 g/mol. The minimum atomic E-state index is -0.328. The van der Waals surface area contributed by atoms with Crippen molar-refractivity contribution in [1.82, 2.24) is 0 Å². The molecule has 0 aromatic heterocycles. The largest absolute Gasteiger partial charge is 0.496 e. The van der Waals surface area contributed by atoms with Crippen LogP contribution in [0.4, 0.5) is 0 Å². The number of rotatable bonds is 3. The highest BCUT2D eigenvalue weighted by Crippen LogP contribution is 2.53. The van der Waals surface area contributed by atoms with E-state index in [9.17, 15) is 5.26 Å². The van der Waals surface area contributed by atoms with Gasteiger partial charge in [-0.3, -0.25) is 0 Å². The van der Waals surface area contributed by atoms with Crippen molar-refractivity contribution in [2.75, 3.05) is 7.11 Å². The van der Waals surface area contributed by atoms with Crippen LogP contribution in [0.1, 0.15) is 35.6 Å². The molecule has 1 atom stereocenters. The van der Waals surface area contributed by atoms with Gasteiger partial charge >= 0.3 is 0 Å². The molecule has 0 spiro atoms. The topological polar surface area (TPSA) is 59.0 Å². The van der Waals surface area contributed by atoms with Gasteiger partial charge in [-0.25, -0.2) is 0 Å². The van der Waals surface area contributed by atoms with E-state index in [2.05, 4.69) is 12.1 Å². The molecule has 3 nitrogen and oxygen atoms in total. The molecule has 1 saturated carbocycles. The normalized spacial score (nSPS) is 18.3. The third-order valence-corrected chi connectivity index (χ3v) is 3.73. The number of benzene rings is 1. The van der Waals surface area contributed by atoms with Gasteiger partial charge in [-0.1, -0.05) is 6.07 Å². The fourth-order valence-corrected chi connectivity index (χ4v) is 2.29. The number of nitrogens with two attached hydrogens (primary N) is 1. The van der Waals surface area contributed by atoms with Gasteiger partial charge in [0.1, 0.15) is 5.75 Å². The first-order valence-electron chi connectivity index (χ1n) is 5.86. The van der Waals surface area contributed by atoms with Gasteiger partial charge in [-0.15, -0.1) is 0 Å². The lowest BCUT2D eigenvalue weighted by Crippen LogP contribution is -2.22. The van der Waals surface area contributed by atoms with E-state index in [0.717, 1.165) is 35.3 Å². The molecule has 0 bridgehead atoms. The van der Waals surface area contributed by atoms with Crippen LogP contribution in [0.2, 0.25) is 0 Å². The molecule has 1 aromatic rings. The van der Waals surface area contributed by atoms with Gasteiger partial charge in [0, 0.05) is 6.04 Å². The monoisotopic (exact) mass is 230 g/mol. The van der Waals surface area contributed by atoms with Gasteiger partial charge in [-0.05, 0) is 49.4 Å².